The van der Waals surface area contributed by atoms with Gasteiger partial charge in [0.1, 0.15) is 0 Å². The fourth-order valence-corrected chi connectivity index (χ4v) is 2.24. The molecule has 84 valence electrons. The van der Waals surface area contributed by atoms with Crippen LogP contribution >= 0.6 is 11.6 Å². The van der Waals surface area contributed by atoms with Crippen LogP contribution in [0.15, 0.2) is 24.3 Å². The summed E-state index contributed by atoms with van der Waals surface area (Å²) in [6, 6.07) is 7.33. The lowest BCUT2D eigenvalue weighted by atomic mass is 9.86. The monoisotopic (exact) mass is 238 g/mol. The van der Waals surface area contributed by atoms with Crippen LogP contribution in [0.4, 0.5) is 0 Å². The normalized spacial score (nSPS) is 22.0. The maximum atomic E-state index is 11.4. The second-order valence-electron chi connectivity index (χ2n) is 3.91. The molecule has 0 radical (unpaired) electrons. The van der Waals surface area contributed by atoms with Crippen LogP contribution < -0.4 is 0 Å². The van der Waals surface area contributed by atoms with E-state index in [2.05, 4.69) is 4.74 Å². The quantitative estimate of drug-likeness (QED) is 0.587. The number of hydrogen-bond acceptors (Lipinski definition) is 3. The molecule has 16 heavy (non-hydrogen) atoms. The molecule has 0 aromatic heterocycles. The first kappa shape index (κ1) is 11.1. The predicted molar refractivity (Wildman–Crippen MR) is 59.1 cm³/mol. The summed E-state index contributed by atoms with van der Waals surface area (Å²) in [5, 5.41) is 0.613. The van der Waals surface area contributed by atoms with Gasteiger partial charge in [-0.3, -0.25) is 9.59 Å². The first-order chi connectivity index (χ1) is 7.59. The average Bonchev–Trinajstić information content (AvgIpc) is 2.58. The number of rotatable bonds is 2. The van der Waals surface area contributed by atoms with E-state index in [4.69, 9.17) is 11.6 Å². The Morgan fingerprint density at radius 1 is 1.38 bits per heavy atom. The maximum absolute atomic E-state index is 11.4. The summed E-state index contributed by atoms with van der Waals surface area (Å²) in [4.78, 5) is 22.4. The molecule has 1 fully saturated rings. The Morgan fingerprint density at radius 2 is 2.06 bits per heavy atom. The van der Waals surface area contributed by atoms with Crippen molar-refractivity contribution in [3.05, 3.63) is 34.9 Å². The fraction of sp³-hybridized carbons (Fsp3) is 0.333. The van der Waals surface area contributed by atoms with Gasteiger partial charge in [-0.25, -0.2) is 0 Å². The number of cyclic esters (lactones) is 2. The van der Waals surface area contributed by atoms with Gasteiger partial charge in [0.25, 0.3) is 0 Å². The SMILES string of the molecule is CC(c1ccccc1Cl)C1CC(=O)OC1=O. The molecule has 0 bridgehead atoms. The van der Waals surface area contributed by atoms with Crippen molar-refractivity contribution in [2.24, 2.45) is 5.92 Å². The molecule has 1 heterocycles. The summed E-state index contributed by atoms with van der Waals surface area (Å²) in [7, 11) is 0. The van der Waals surface area contributed by atoms with Gasteiger partial charge in [-0.2, -0.15) is 0 Å². The highest BCUT2D eigenvalue weighted by Crippen LogP contribution is 2.35. The van der Waals surface area contributed by atoms with E-state index in [9.17, 15) is 9.59 Å². The van der Waals surface area contributed by atoms with Crippen LogP contribution in [-0.4, -0.2) is 11.9 Å². The second kappa shape index (κ2) is 4.26. The number of ether oxygens (including phenoxy) is 1. The van der Waals surface area contributed by atoms with Crippen LogP contribution in [0.3, 0.4) is 0 Å². The van der Waals surface area contributed by atoms with Crippen molar-refractivity contribution >= 4 is 23.5 Å². The van der Waals surface area contributed by atoms with Crippen LogP contribution in [0.25, 0.3) is 0 Å². The van der Waals surface area contributed by atoms with Gasteiger partial charge in [0, 0.05) is 5.02 Å². The molecule has 2 unspecified atom stereocenters. The number of carbonyl (C=O) groups is 2. The third-order valence-corrected chi connectivity index (χ3v) is 3.25. The molecule has 0 spiro atoms. The van der Waals surface area contributed by atoms with Gasteiger partial charge >= 0.3 is 11.9 Å². The molecule has 2 atom stereocenters. The highest BCUT2D eigenvalue weighted by molar-refractivity contribution is 6.31. The topological polar surface area (TPSA) is 43.4 Å². The van der Waals surface area contributed by atoms with Gasteiger partial charge in [-0.1, -0.05) is 36.7 Å². The van der Waals surface area contributed by atoms with Gasteiger partial charge in [0.2, 0.25) is 0 Å². The number of carbonyl (C=O) groups excluding carboxylic acids is 2. The van der Waals surface area contributed by atoms with E-state index in [1.54, 1.807) is 6.07 Å². The molecule has 3 nitrogen and oxygen atoms in total. The standard InChI is InChI=1S/C12H11ClO3/c1-7(8-4-2-3-5-10(8)13)9-6-11(14)16-12(9)15/h2-5,7,9H,6H2,1H3. The van der Waals surface area contributed by atoms with Crippen LogP contribution in [0.1, 0.15) is 24.8 Å². The van der Waals surface area contributed by atoms with Crippen LogP contribution in [0.2, 0.25) is 5.02 Å². The molecule has 1 aliphatic rings. The lowest BCUT2D eigenvalue weighted by Crippen LogP contribution is -2.15. The summed E-state index contributed by atoms with van der Waals surface area (Å²) in [6.07, 6.45) is 0.144. The highest BCUT2D eigenvalue weighted by Gasteiger charge is 2.38. The molecule has 1 aromatic carbocycles. The van der Waals surface area contributed by atoms with Crippen molar-refractivity contribution in [3.8, 4) is 0 Å². The van der Waals surface area contributed by atoms with Gasteiger partial charge < -0.3 is 4.74 Å². The van der Waals surface area contributed by atoms with Crippen molar-refractivity contribution < 1.29 is 14.3 Å². The maximum Gasteiger partial charge on any atom is 0.317 e. The molecule has 4 heteroatoms. The summed E-state index contributed by atoms with van der Waals surface area (Å²) >= 11 is 6.04. The van der Waals surface area contributed by atoms with E-state index in [1.807, 2.05) is 25.1 Å². The van der Waals surface area contributed by atoms with Crippen molar-refractivity contribution in [2.75, 3.05) is 0 Å². The molecule has 0 amide bonds. The number of hydrogen-bond donors (Lipinski definition) is 0. The van der Waals surface area contributed by atoms with Crippen molar-refractivity contribution in [1.82, 2.24) is 0 Å². The van der Waals surface area contributed by atoms with Crippen LogP contribution in [0.5, 0.6) is 0 Å². The Morgan fingerprint density at radius 3 is 2.62 bits per heavy atom. The molecular weight excluding hydrogens is 228 g/mol. The minimum Gasteiger partial charge on any atom is -0.393 e. The largest absolute Gasteiger partial charge is 0.393 e. The van der Waals surface area contributed by atoms with Gasteiger partial charge in [0.05, 0.1) is 12.3 Å². The van der Waals surface area contributed by atoms with Gasteiger partial charge in [0.15, 0.2) is 0 Å². The Balaban J connectivity index is 2.26. The van der Waals surface area contributed by atoms with E-state index >= 15 is 0 Å². The molecule has 1 saturated heterocycles. The summed E-state index contributed by atoms with van der Waals surface area (Å²) in [5.74, 6) is -1.41. The molecule has 0 saturated carbocycles. The Hall–Kier alpha value is -1.35. The molecule has 0 aliphatic carbocycles. The Labute approximate surface area is 98.4 Å². The summed E-state index contributed by atoms with van der Waals surface area (Å²) in [6.45, 7) is 1.88. The van der Waals surface area contributed by atoms with Crippen molar-refractivity contribution in [3.63, 3.8) is 0 Å². The Bertz CT molecular complexity index is 442. The van der Waals surface area contributed by atoms with Gasteiger partial charge in [-0.15, -0.1) is 0 Å². The lowest BCUT2D eigenvalue weighted by Gasteiger charge is -2.16. The van der Waals surface area contributed by atoms with Gasteiger partial charge in [-0.05, 0) is 17.5 Å². The smallest absolute Gasteiger partial charge is 0.317 e. The summed E-state index contributed by atoms with van der Waals surface area (Å²) in [5.41, 5.74) is 0.876. The van der Waals surface area contributed by atoms with Crippen molar-refractivity contribution in [1.29, 1.82) is 0 Å². The number of esters is 2. The average molecular weight is 239 g/mol. The first-order valence-corrected chi connectivity index (χ1v) is 5.46. The zero-order chi connectivity index (χ0) is 11.7. The zero-order valence-corrected chi connectivity index (χ0v) is 9.53. The fourth-order valence-electron chi connectivity index (χ4n) is 1.93. The number of halogens is 1. The molecule has 1 aliphatic heterocycles. The predicted octanol–water partition coefficient (Wildman–Crippen LogP) is 2.53. The van der Waals surface area contributed by atoms with E-state index in [1.165, 1.54) is 0 Å². The third-order valence-electron chi connectivity index (χ3n) is 2.90. The molecular formula is C12H11ClO3. The van der Waals surface area contributed by atoms with E-state index in [0.717, 1.165) is 5.56 Å². The minimum atomic E-state index is -0.450. The lowest BCUT2D eigenvalue weighted by molar-refractivity contribution is -0.153. The molecule has 0 N–H and O–H groups in total. The van der Waals surface area contributed by atoms with Crippen LogP contribution in [-0.2, 0) is 14.3 Å². The van der Waals surface area contributed by atoms with Crippen LogP contribution in [0, 0.1) is 5.92 Å². The van der Waals surface area contributed by atoms with E-state index in [-0.39, 0.29) is 12.3 Å². The zero-order valence-electron chi connectivity index (χ0n) is 8.77. The first-order valence-electron chi connectivity index (χ1n) is 5.08. The summed E-state index contributed by atoms with van der Waals surface area (Å²) < 4.78 is 4.54. The Kier molecular flexibility index (Phi) is 2.97. The molecule has 2 rings (SSSR count). The van der Waals surface area contributed by atoms with E-state index < -0.39 is 17.9 Å². The third kappa shape index (κ3) is 1.95. The van der Waals surface area contributed by atoms with E-state index in [0.29, 0.717) is 5.02 Å². The minimum absolute atomic E-state index is 0.104. The second-order valence-corrected chi connectivity index (χ2v) is 4.32. The molecule has 1 aromatic rings. The number of benzene rings is 1. The van der Waals surface area contributed by atoms with Crippen molar-refractivity contribution in [2.45, 2.75) is 19.3 Å². The highest BCUT2D eigenvalue weighted by atomic mass is 35.5.